The molecule has 0 bridgehead atoms. The molecule has 0 saturated carbocycles. The number of hydrogen-bond acceptors (Lipinski definition) is 4. The Balaban J connectivity index is 1.89. The number of aryl methyl sites for hydroxylation is 2. The number of aromatic amines is 1. The van der Waals surface area contributed by atoms with E-state index in [1.165, 1.54) is 4.90 Å². The van der Waals surface area contributed by atoms with Gasteiger partial charge < -0.3 is 19.7 Å². The molecule has 0 fully saturated rings. The van der Waals surface area contributed by atoms with Crippen LogP contribution in [0, 0.1) is 13.8 Å². The van der Waals surface area contributed by atoms with E-state index in [-0.39, 0.29) is 37.6 Å². The van der Waals surface area contributed by atoms with Crippen LogP contribution in [-0.4, -0.2) is 41.2 Å². The average molecular weight is 429 g/mol. The Bertz CT molecular complexity index is 1140. The molecule has 1 aromatic heterocycles. The van der Waals surface area contributed by atoms with Crippen molar-refractivity contribution in [2.75, 3.05) is 20.3 Å². The second kappa shape index (κ2) is 9.32. The molecule has 1 heterocycles. The number of aliphatic hydroxyl groups is 1. The summed E-state index contributed by atoms with van der Waals surface area (Å²) in [7, 11) is 1.54. The number of ether oxygens (including phenoxy) is 1. The number of benzene rings is 2. The molecule has 158 valence electrons. The predicted octanol–water partition coefficient (Wildman–Crippen LogP) is 3.37. The fraction of sp³-hybridized carbons (Fsp3) is 0.304. The van der Waals surface area contributed by atoms with Gasteiger partial charge in [0.05, 0.1) is 32.2 Å². The minimum Gasteiger partial charge on any atom is -0.497 e. The number of methoxy groups -OCH3 is 1. The third kappa shape index (κ3) is 4.83. The first kappa shape index (κ1) is 21.9. The molecular weight excluding hydrogens is 404 g/mol. The highest BCUT2D eigenvalue weighted by atomic mass is 35.5. The van der Waals surface area contributed by atoms with Crippen LogP contribution in [0.4, 0.5) is 0 Å². The number of carbonyl (C=O) groups excluding carboxylic acids is 1. The maximum atomic E-state index is 12.9. The van der Waals surface area contributed by atoms with Gasteiger partial charge in [-0.1, -0.05) is 23.2 Å². The number of amides is 1. The number of halogens is 1. The first-order chi connectivity index (χ1) is 14.3. The number of rotatable bonds is 7. The molecule has 0 atom stereocenters. The fourth-order valence-corrected chi connectivity index (χ4v) is 3.74. The molecule has 7 heteroatoms. The van der Waals surface area contributed by atoms with Gasteiger partial charge in [-0.15, -0.1) is 0 Å². The fourth-order valence-electron chi connectivity index (χ4n) is 3.56. The summed E-state index contributed by atoms with van der Waals surface area (Å²) < 4.78 is 5.20. The molecule has 0 spiro atoms. The lowest BCUT2D eigenvalue weighted by Gasteiger charge is -2.22. The van der Waals surface area contributed by atoms with Gasteiger partial charge in [-0.3, -0.25) is 9.59 Å². The van der Waals surface area contributed by atoms with Gasteiger partial charge in [0.2, 0.25) is 5.91 Å². The summed E-state index contributed by atoms with van der Waals surface area (Å²) in [6, 6.07) is 10.9. The Morgan fingerprint density at radius 2 is 1.93 bits per heavy atom. The van der Waals surface area contributed by atoms with Crippen LogP contribution in [0.1, 0.15) is 22.3 Å². The molecule has 0 radical (unpaired) electrons. The zero-order valence-electron chi connectivity index (χ0n) is 17.3. The summed E-state index contributed by atoms with van der Waals surface area (Å²) in [6.07, 6.45) is 0.0414. The van der Waals surface area contributed by atoms with Crippen molar-refractivity contribution in [1.29, 1.82) is 0 Å². The maximum absolute atomic E-state index is 12.9. The van der Waals surface area contributed by atoms with E-state index in [9.17, 15) is 14.7 Å². The van der Waals surface area contributed by atoms with E-state index in [1.54, 1.807) is 25.3 Å². The molecule has 6 nitrogen and oxygen atoms in total. The molecule has 1 amide bonds. The second-order valence-corrected chi connectivity index (χ2v) is 7.75. The van der Waals surface area contributed by atoms with Crippen molar-refractivity contribution in [2.24, 2.45) is 0 Å². The van der Waals surface area contributed by atoms with E-state index < -0.39 is 0 Å². The molecule has 3 aromatic rings. The standard InChI is InChI=1S/C23H25ClN2O4/c1-14-8-15(2)22-17(9-14)10-18(23(29)25-22)13-26(6-7-27)21(28)12-16-11-19(30-3)4-5-20(16)24/h4-5,8-11,27H,6-7,12-13H2,1-3H3,(H,25,29). The van der Waals surface area contributed by atoms with Crippen LogP contribution in [0.2, 0.25) is 5.02 Å². The lowest BCUT2D eigenvalue weighted by atomic mass is 10.0. The van der Waals surface area contributed by atoms with Gasteiger partial charge in [-0.25, -0.2) is 0 Å². The van der Waals surface area contributed by atoms with Crippen LogP contribution in [0.15, 0.2) is 41.2 Å². The number of pyridine rings is 1. The lowest BCUT2D eigenvalue weighted by molar-refractivity contribution is -0.131. The summed E-state index contributed by atoms with van der Waals surface area (Å²) in [4.78, 5) is 30.0. The smallest absolute Gasteiger partial charge is 0.253 e. The number of H-pyrrole nitrogens is 1. The van der Waals surface area contributed by atoms with Crippen molar-refractivity contribution < 1.29 is 14.6 Å². The Labute approximate surface area is 180 Å². The molecule has 2 aromatic carbocycles. The van der Waals surface area contributed by atoms with E-state index in [2.05, 4.69) is 4.98 Å². The Kier molecular flexibility index (Phi) is 6.80. The summed E-state index contributed by atoms with van der Waals surface area (Å²) in [5.41, 5.74) is 3.72. The van der Waals surface area contributed by atoms with Crippen molar-refractivity contribution in [1.82, 2.24) is 9.88 Å². The van der Waals surface area contributed by atoms with E-state index >= 15 is 0 Å². The molecule has 0 aliphatic carbocycles. The van der Waals surface area contributed by atoms with E-state index in [0.717, 1.165) is 22.0 Å². The maximum Gasteiger partial charge on any atom is 0.253 e. The number of aromatic nitrogens is 1. The summed E-state index contributed by atoms with van der Waals surface area (Å²) in [6.45, 7) is 3.95. The molecular formula is C23H25ClN2O4. The Hall–Kier alpha value is -2.83. The molecule has 30 heavy (non-hydrogen) atoms. The first-order valence-electron chi connectivity index (χ1n) is 9.66. The minimum atomic E-state index is -0.246. The van der Waals surface area contributed by atoms with Crippen molar-refractivity contribution in [3.05, 3.63) is 74.0 Å². The monoisotopic (exact) mass is 428 g/mol. The molecule has 0 unspecified atom stereocenters. The highest BCUT2D eigenvalue weighted by Gasteiger charge is 2.18. The number of nitrogens with one attached hydrogen (secondary N) is 1. The van der Waals surface area contributed by atoms with E-state index in [4.69, 9.17) is 16.3 Å². The number of fused-ring (bicyclic) bond motifs is 1. The van der Waals surface area contributed by atoms with Gasteiger partial charge in [-0.2, -0.15) is 0 Å². The van der Waals surface area contributed by atoms with Gasteiger partial charge >= 0.3 is 0 Å². The third-order valence-electron chi connectivity index (χ3n) is 5.05. The minimum absolute atomic E-state index is 0.0414. The van der Waals surface area contributed by atoms with Crippen LogP contribution in [0.25, 0.3) is 10.9 Å². The topological polar surface area (TPSA) is 82.6 Å². The van der Waals surface area contributed by atoms with Crippen molar-refractivity contribution >= 4 is 28.4 Å². The van der Waals surface area contributed by atoms with Crippen LogP contribution in [0.3, 0.4) is 0 Å². The zero-order chi connectivity index (χ0) is 21.8. The molecule has 0 aliphatic heterocycles. The number of carbonyl (C=O) groups is 1. The van der Waals surface area contributed by atoms with Gasteiger partial charge in [0.1, 0.15) is 5.75 Å². The van der Waals surface area contributed by atoms with E-state index in [1.807, 2.05) is 32.0 Å². The van der Waals surface area contributed by atoms with Crippen molar-refractivity contribution in [3.63, 3.8) is 0 Å². The van der Waals surface area contributed by atoms with Crippen LogP contribution in [0.5, 0.6) is 5.75 Å². The van der Waals surface area contributed by atoms with Gasteiger partial charge in [-0.05, 0) is 60.7 Å². The highest BCUT2D eigenvalue weighted by Crippen LogP contribution is 2.23. The zero-order valence-corrected chi connectivity index (χ0v) is 18.0. The van der Waals surface area contributed by atoms with Crippen LogP contribution in [-0.2, 0) is 17.8 Å². The summed E-state index contributed by atoms with van der Waals surface area (Å²) in [5, 5.41) is 10.8. The van der Waals surface area contributed by atoms with Gasteiger partial charge in [0.15, 0.2) is 0 Å². The highest BCUT2D eigenvalue weighted by molar-refractivity contribution is 6.31. The van der Waals surface area contributed by atoms with Crippen LogP contribution < -0.4 is 10.3 Å². The van der Waals surface area contributed by atoms with Crippen molar-refractivity contribution in [2.45, 2.75) is 26.8 Å². The van der Waals surface area contributed by atoms with Gasteiger partial charge in [0, 0.05) is 17.1 Å². The Morgan fingerprint density at radius 3 is 2.63 bits per heavy atom. The van der Waals surface area contributed by atoms with Crippen molar-refractivity contribution in [3.8, 4) is 5.75 Å². The number of aliphatic hydroxyl groups excluding tert-OH is 1. The normalized spacial score (nSPS) is 11.0. The summed E-state index contributed by atoms with van der Waals surface area (Å²) in [5.74, 6) is 0.367. The summed E-state index contributed by atoms with van der Waals surface area (Å²) >= 11 is 6.23. The lowest BCUT2D eigenvalue weighted by Crippen LogP contribution is -2.36. The second-order valence-electron chi connectivity index (χ2n) is 7.34. The number of nitrogens with zero attached hydrogens (tertiary/aromatic N) is 1. The molecule has 2 N–H and O–H groups in total. The molecule has 0 aliphatic rings. The number of hydrogen-bond donors (Lipinski definition) is 2. The first-order valence-corrected chi connectivity index (χ1v) is 10.0. The largest absolute Gasteiger partial charge is 0.497 e. The van der Waals surface area contributed by atoms with Crippen LogP contribution >= 0.6 is 11.6 Å². The van der Waals surface area contributed by atoms with E-state index in [0.29, 0.717) is 21.9 Å². The third-order valence-corrected chi connectivity index (χ3v) is 5.42. The average Bonchev–Trinajstić information content (AvgIpc) is 2.70. The molecule has 3 rings (SSSR count). The predicted molar refractivity (Wildman–Crippen MR) is 118 cm³/mol. The molecule has 0 saturated heterocycles. The quantitative estimate of drug-likeness (QED) is 0.604. The Morgan fingerprint density at radius 1 is 1.17 bits per heavy atom. The SMILES string of the molecule is COc1ccc(Cl)c(CC(=O)N(CCO)Cc2cc3cc(C)cc(C)c3[nH]c2=O)c1. The van der Waals surface area contributed by atoms with Gasteiger partial charge in [0.25, 0.3) is 5.56 Å².